The van der Waals surface area contributed by atoms with Gasteiger partial charge in [-0.15, -0.1) is 0 Å². The smallest absolute Gasteiger partial charge is 0.162 e. The van der Waals surface area contributed by atoms with Crippen LogP contribution < -0.4 is 20.3 Å². The Morgan fingerprint density at radius 1 is 0.892 bits per heavy atom. The minimum atomic E-state index is 0.610. The van der Waals surface area contributed by atoms with E-state index in [4.69, 9.17) is 14.7 Å². The molecule has 1 aliphatic rings. The van der Waals surface area contributed by atoms with Crippen LogP contribution in [0.3, 0.4) is 0 Å². The lowest BCUT2D eigenvalue weighted by molar-refractivity contribution is 0.418. The molecule has 0 saturated carbocycles. The van der Waals surface area contributed by atoms with E-state index in [1.165, 1.54) is 0 Å². The molecule has 6 rings (SSSR count). The first kappa shape index (κ1) is 22.8. The summed E-state index contributed by atoms with van der Waals surface area (Å²) in [5.74, 6) is 2.82. The third-order valence-electron chi connectivity index (χ3n) is 6.31. The van der Waals surface area contributed by atoms with Gasteiger partial charge in [0.05, 0.1) is 48.0 Å². The van der Waals surface area contributed by atoms with Crippen molar-refractivity contribution in [1.82, 2.24) is 30.2 Å². The van der Waals surface area contributed by atoms with Crippen LogP contribution in [0.25, 0.3) is 33.5 Å². The number of nitrogens with zero attached hydrogens (tertiary/aromatic N) is 6. The molecule has 1 saturated heterocycles. The van der Waals surface area contributed by atoms with Gasteiger partial charge < -0.3 is 20.3 Å². The molecule has 4 aromatic heterocycles. The zero-order valence-electron chi connectivity index (χ0n) is 20.4. The van der Waals surface area contributed by atoms with Crippen LogP contribution in [0.15, 0.2) is 79.4 Å². The Bertz CT molecular complexity index is 1520. The predicted molar refractivity (Wildman–Crippen MR) is 145 cm³/mol. The number of ether oxygens (including phenoxy) is 1. The molecular weight excluding hydrogens is 464 g/mol. The predicted octanol–water partition coefficient (Wildman–Crippen LogP) is 4.31. The highest BCUT2D eigenvalue weighted by Crippen LogP contribution is 2.34. The number of pyridine rings is 3. The molecule has 0 bridgehead atoms. The van der Waals surface area contributed by atoms with E-state index in [-0.39, 0.29) is 0 Å². The number of aromatic nitrogens is 5. The number of hydrogen-bond donors (Lipinski definition) is 2. The molecule has 9 heteroatoms. The number of benzene rings is 1. The molecule has 0 aliphatic carbocycles. The highest BCUT2D eigenvalue weighted by Gasteiger charge is 2.20. The second-order valence-electron chi connectivity index (χ2n) is 8.70. The van der Waals surface area contributed by atoms with Crippen molar-refractivity contribution in [2.45, 2.75) is 0 Å². The van der Waals surface area contributed by atoms with Gasteiger partial charge in [0.25, 0.3) is 0 Å². The number of nitrogens with one attached hydrogen (secondary N) is 2. The number of anilines is 3. The molecule has 9 nitrogen and oxygen atoms in total. The van der Waals surface area contributed by atoms with Gasteiger partial charge in [-0.1, -0.05) is 30.3 Å². The summed E-state index contributed by atoms with van der Waals surface area (Å²) >= 11 is 0. The Labute approximate surface area is 214 Å². The van der Waals surface area contributed by atoms with E-state index in [1.807, 2.05) is 60.8 Å². The Morgan fingerprint density at radius 3 is 2.54 bits per heavy atom. The summed E-state index contributed by atoms with van der Waals surface area (Å²) in [6.07, 6.45) is 7.03. The summed E-state index contributed by atoms with van der Waals surface area (Å²) < 4.78 is 5.62. The van der Waals surface area contributed by atoms with Gasteiger partial charge in [-0.25, -0.2) is 15.0 Å². The number of hydrogen-bond acceptors (Lipinski definition) is 9. The Kier molecular flexibility index (Phi) is 6.26. The average Bonchev–Trinajstić information content (AvgIpc) is 2.97. The minimum Gasteiger partial charge on any atom is -0.494 e. The van der Waals surface area contributed by atoms with E-state index in [0.717, 1.165) is 65.4 Å². The van der Waals surface area contributed by atoms with Crippen LogP contribution in [0.5, 0.6) is 5.75 Å². The molecule has 1 fully saturated rings. The molecule has 5 heterocycles. The topological polar surface area (TPSA) is 101 Å². The van der Waals surface area contributed by atoms with Crippen LogP contribution in [-0.2, 0) is 0 Å². The van der Waals surface area contributed by atoms with Crippen molar-refractivity contribution < 1.29 is 4.74 Å². The maximum atomic E-state index is 5.62. The maximum absolute atomic E-state index is 5.62. The van der Waals surface area contributed by atoms with Crippen molar-refractivity contribution in [3.8, 4) is 28.4 Å². The second kappa shape index (κ2) is 10.2. The Balaban J connectivity index is 1.33. The molecule has 1 aromatic carbocycles. The summed E-state index contributed by atoms with van der Waals surface area (Å²) in [7, 11) is 1.65. The van der Waals surface area contributed by atoms with Crippen LogP contribution in [0, 0.1) is 0 Å². The van der Waals surface area contributed by atoms with Gasteiger partial charge in [0.2, 0.25) is 0 Å². The van der Waals surface area contributed by atoms with Gasteiger partial charge in [0.15, 0.2) is 5.82 Å². The van der Waals surface area contributed by atoms with Crippen molar-refractivity contribution in [3.05, 3.63) is 79.4 Å². The Hall–Kier alpha value is -4.63. The number of methoxy groups -OCH3 is 1. The van der Waals surface area contributed by atoms with E-state index < -0.39 is 0 Å². The van der Waals surface area contributed by atoms with Gasteiger partial charge in [-0.2, -0.15) is 0 Å². The van der Waals surface area contributed by atoms with Crippen LogP contribution in [0.1, 0.15) is 0 Å². The lowest BCUT2D eigenvalue weighted by Gasteiger charge is -2.29. The van der Waals surface area contributed by atoms with E-state index in [2.05, 4.69) is 30.5 Å². The summed E-state index contributed by atoms with van der Waals surface area (Å²) in [4.78, 5) is 25.5. The van der Waals surface area contributed by atoms with Gasteiger partial charge in [0, 0.05) is 43.5 Å². The number of fused-ring (bicyclic) bond motifs is 1. The molecule has 0 atom stereocenters. The summed E-state index contributed by atoms with van der Waals surface area (Å²) in [6, 6.07) is 18.0. The normalized spacial score (nSPS) is 13.5. The fourth-order valence-electron chi connectivity index (χ4n) is 4.46. The zero-order valence-corrected chi connectivity index (χ0v) is 20.4. The van der Waals surface area contributed by atoms with Crippen molar-refractivity contribution >= 4 is 28.2 Å². The first-order valence-electron chi connectivity index (χ1n) is 12.2. The van der Waals surface area contributed by atoms with Crippen LogP contribution in [-0.4, -0.2) is 58.2 Å². The maximum Gasteiger partial charge on any atom is 0.162 e. The molecule has 184 valence electrons. The van der Waals surface area contributed by atoms with E-state index in [9.17, 15) is 0 Å². The molecule has 0 radical (unpaired) electrons. The van der Waals surface area contributed by atoms with Gasteiger partial charge in [-0.3, -0.25) is 9.97 Å². The van der Waals surface area contributed by atoms with E-state index in [0.29, 0.717) is 17.4 Å². The molecule has 37 heavy (non-hydrogen) atoms. The van der Waals surface area contributed by atoms with Crippen molar-refractivity contribution in [3.63, 3.8) is 0 Å². The molecule has 2 N–H and O–H groups in total. The second-order valence-corrected chi connectivity index (χ2v) is 8.70. The van der Waals surface area contributed by atoms with Crippen LogP contribution >= 0.6 is 0 Å². The Morgan fingerprint density at radius 2 is 1.76 bits per heavy atom. The lowest BCUT2D eigenvalue weighted by atomic mass is 10.1. The number of rotatable bonds is 6. The molecule has 0 amide bonds. The van der Waals surface area contributed by atoms with Crippen LogP contribution in [0.2, 0.25) is 0 Å². The first-order valence-corrected chi connectivity index (χ1v) is 12.2. The zero-order chi connectivity index (χ0) is 25.0. The third kappa shape index (κ3) is 4.76. The summed E-state index contributed by atoms with van der Waals surface area (Å²) in [6.45, 7) is 3.50. The standard InChI is InChI=1S/C28H26N8O/c1-37-24-18-30-17-23-26(24)28(36-13-11-29-12-14-36)35-27(34-23)20-9-10-31-25(15-20)33-21-7-8-22(32-16-21)19-5-3-2-4-6-19/h2-10,15-18,29H,11-14H2,1H3,(H,31,33). The largest absolute Gasteiger partial charge is 0.494 e. The monoisotopic (exact) mass is 490 g/mol. The fraction of sp³-hybridized carbons (Fsp3) is 0.179. The SMILES string of the molecule is COc1cncc2nc(-c3ccnc(Nc4ccc(-c5ccccc5)nc4)c3)nc(N3CCNCC3)c12. The molecule has 0 spiro atoms. The van der Waals surface area contributed by atoms with Gasteiger partial charge in [0.1, 0.15) is 17.4 Å². The van der Waals surface area contributed by atoms with Gasteiger partial charge in [-0.05, 0) is 24.3 Å². The molecule has 5 aromatic rings. The highest BCUT2D eigenvalue weighted by atomic mass is 16.5. The summed E-state index contributed by atoms with van der Waals surface area (Å²) in [5, 5.41) is 7.62. The van der Waals surface area contributed by atoms with E-state index >= 15 is 0 Å². The van der Waals surface area contributed by atoms with Crippen molar-refractivity contribution in [1.29, 1.82) is 0 Å². The minimum absolute atomic E-state index is 0.610. The third-order valence-corrected chi connectivity index (χ3v) is 6.31. The molecular formula is C28H26N8O. The van der Waals surface area contributed by atoms with E-state index in [1.54, 1.807) is 25.7 Å². The molecule has 1 aliphatic heterocycles. The quantitative estimate of drug-likeness (QED) is 0.360. The average molecular weight is 491 g/mol. The number of piperazine rings is 1. The van der Waals surface area contributed by atoms with Gasteiger partial charge >= 0.3 is 0 Å². The van der Waals surface area contributed by atoms with Crippen molar-refractivity contribution in [2.75, 3.05) is 43.5 Å². The molecule has 0 unspecified atom stereocenters. The summed E-state index contributed by atoms with van der Waals surface area (Å²) in [5.41, 5.74) is 4.44. The van der Waals surface area contributed by atoms with Crippen LogP contribution in [0.4, 0.5) is 17.3 Å². The highest BCUT2D eigenvalue weighted by molar-refractivity contribution is 5.95. The van der Waals surface area contributed by atoms with Crippen molar-refractivity contribution in [2.24, 2.45) is 0 Å². The fourth-order valence-corrected chi connectivity index (χ4v) is 4.46. The lowest BCUT2D eigenvalue weighted by Crippen LogP contribution is -2.44. The first-order chi connectivity index (χ1) is 18.3.